The summed E-state index contributed by atoms with van der Waals surface area (Å²) in [5, 5.41) is 33.2. The van der Waals surface area contributed by atoms with Gasteiger partial charge in [0.05, 0.1) is 18.5 Å². The molecular weight excluding hydrogens is 793 g/mol. The monoisotopic (exact) mass is 839 g/mol. The fourth-order valence-corrected chi connectivity index (χ4v) is 6.99. The summed E-state index contributed by atoms with van der Waals surface area (Å²) in [6.45, 7) is 7.36. The molecule has 0 saturated heterocycles. The summed E-state index contributed by atoms with van der Waals surface area (Å²) >= 11 is 0. The highest BCUT2D eigenvalue weighted by atomic mass is 16.3. The van der Waals surface area contributed by atoms with Gasteiger partial charge in [-0.15, -0.1) is 0 Å². The van der Waals surface area contributed by atoms with Crippen LogP contribution in [0.25, 0.3) is 16.6 Å². The molecule has 316 valence electrons. The van der Waals surface area contributed by atoms with Crippen LogP contribution in [0.1, 0.15) is 61.6 Å². The Labute approximate surface area is 364 Å². The van der Waals surface area contributed by atoms with Crippen molar-refractivity contribution < 1.29 is 24.1 Å². The van der Waals surface area contributed by atoms with E-state index in [-0.39, 0.29) is 34.4 Å². The first kappa shape index (κ1) is 42.9. The number of nitrogens with one attached hydrogen (secondary N) is 4. The van der Waals surface area contributed by atoms with E-state index in [1.807, 2.05) is 57.1 Å². The first-order chi connectivity index (χ1) is 30.0. The second kappa shape index (κ2) is 17.4. The summed E-state index contributed by atoms with van der Waals surface area (Å²) in [5.74, 6) is -1.18. The Balaban J connectivity index is 1.12. The van der Waals surface area contributed by atoms with Gasteiger partial charge in [-0.3, -0.25) is 14.4 Å². The van der Waals surface area contributed by atoms with Crippen molar-refractivity contribution in [2.24, 2.45) is 7.05 Å². The smallest absolute Gasteiger partial charge is 0.344 e. The topological polar surface area (TPSA) is 172 Å². The van der Waals surface area contributed by atoms with Crippen molar-refractivity contribution >= 4 is 62.7 Å². The molecule has 0 aliphatic rings. The number of nitrogens with zero attached hydrogens (tertiary/aromatic N) is 4. The normalized spacial score (nSPS) is 11.1. The van der Waals surface area contributed by atoms with E-state index >= 15 is 0 Å². The third-order valence-electron chi connectivity index (χ3n) is 10.9. The number of fused-ring (bicyclic) bond motifs is 1. The number of hydrogen-bond donors (Lipinski definition) is 5. The number of benzene rings is 6. The van der Waals surface area contributed by atoms with Gasteiger partial charge in [0.2, 0.25) is 0 Å². The van der Waals surface area contributed by atoms with E-state index in [1.54, 1.807) is 117 Å². The molecule has 1 heterocycles. The van der Waals surface area contributed by atoms with E-state index in [0.717, 1.165) is 22.4 Å². The Morgan fingerprint density at radius 1 is 0.698 bits per heavy atom. The van der Waals surface area contributed by atoms with Gasteiger partial charge < -0.3 is 31.3 Å². The molecule has 13 nitrogen and oxygen atoms in total. The lowest BCUT2D eigenvalue weighted by Crippen LogP contribution is -2.38. The predicted octanol–water partition coefficient (Wildman–Crippen LogP) is 8.51. The van der Waals surface area contributed by atoms with Crippen LogP contribution in [0.2, 0.25) is 0 Å². The van der Waals surface area contributed by atoms with Crippen molar-refractivity contribution in [2.75, 3.05) is 40.3 Å². The van der Waals surface area contributed by atoms with Gasteiger partial charge in [-0.25, -0.2) is 9.36 Å². The fraction of sp³-hybridized carbons (Fsp3) is 0.160. The lowest BCUT2D eigenvalue weighted by atomic mass is 9.85. The number of phenols is 1. The Hall–Kier alpha value is -8.24. The lowest BCUT2D eigenvalue weighted by molar-refractivity contribution is -0.573. The van der Waals surface area contributed by atoms with Gasteiger partial charge in [0.25, 0.3) is 24.0 Å². The maximum atomic E-state index is 13.8. The molecule has 3 amide bonds. The van der Waals surface area contributed by atoms with Gasteiger partial charge in [-0.1, -0.05) is 30.3 Å². The van der Waals surface area contributed by atoms with Crippen molar-refractivity contribution in [2.45, 2.75) is 33.1 Å². The number of hydrogen-bond acceptors (Lipinski definition) is 8. The Morgan fingerprint density at radius 3 is 1.95 bits per heavy atom. The van der Waals surface area contributed by atoms with Crippen molar-refractivity contribution in [3.8, 4) is 17.5 Å². The van der Waals surface area contributed by atoms with E-state index in [1.165, 1.54) is 16.7 Å². The third kappa shape index (κ3) is 9.25. The summed E-state index contributed by atoms with van der Waals surface area (Å²) in [6.07, 6.45) is 1.55. The summed E-state index contributed by atoms with van der Waals surface area (Å²) < 4.78 is 3.04. The zero-order valence-corrected chi connectivity index (χ0v) is 36.0. The highest BCUT2D eigenvalue weighted by molar-refractivity contribution is 6.07. The molecule has 7 aromatic rings. The SMILES string of the molecule is Cc1ccc(NC(=O)c2cccc(N(C)C)c2)cc1NC(=O)c1ccc(O)c(-[n+]2cn(C)c(=O)c3cc(Nc4cc(NC(=O)c5cccc(C(C)(C)C#N)c5)ccc4C)ccc32)c1. The molecule has 0 spiro atoms. The van der Waals surface area contributed by atoms with Crippen LogP contribution in [0.4, 0.5) is 34.1 Å². The molecule has 1 aromatic heterocycles. The largest absolute Gasteiger partial charge is 0.504 e. The van der Waals surface area contributed by atoms with Gasteiger partial charge in [-0.2, -0.15) is 9.83 Å². The number of aryl methyl sites for hydroxylation is 3. The van der Waals surface area contributed by atoms with Crippen LogP contribution in [0.5, 0.6) is 5.75 Å². The van der Waals surface area contributed by atoms with Gasteiger partial charge in [-0.05, 0) is 129 Å². The summed E-state index contributed by atoms with van der Waals surface area (Å²) in [5.41, 5.74) is 6.97. The number of aromatic nitrogens is 2. The van der Waals surface area contributed by atoms with E-state index in [9.17, 15) is 29.5 Å². The summed E-state index contributed by atoms with van der Waals surface area (Å²) in [7, 11) is 5.40. The van der Waals surface area contributed by atoms with E-state index in [2.05, 4.69) is 27.3 Å². The molecule has 0 unspecified atom stereocenters. The average Bonchev–Trinajstić information content (AvgIpc) is 3.27. The molecule has 0 atom stereocenters. The minimum atomic E-state index is -0.754. The van der Waals surface area contributed by atoms with E-state index in [4.69, 9.17) is 0 Å². The number of anilines is 6. The van der Waals surface area contributed by atoms with Crippen molar-refractivity contribution in [3.05, 3.63) is 171 Å². The second-order valence-corrected chi connectivity index (χ2v) is 16.1. The van der Waals surface area contributed by atoms with Crippen molar-refractivity contribution in [1.82, 2.24) is 4.57 Å². The number of amides is 3. The van der Waals surface area contributed by atoms with Crippen molar-refractivity contribution in [3.63, 3.8) is 0 Å². The van der Waals surface area contributed by atoms with E-state index in [0.29, 0.717) is 50.5 Å². The Kier molecular flexibility index (Phi) is 11.8. The van der Waals surface area contributed by atoms with Gasteiger partial charge >= 0.3 is 5.56 Å². The predicted molar refractivity (Wildman–Crippen MR) is 248 cm³/mol. The zero-order chi connectivity index (χ0) is 45.2. The number of phenolic OH excluding ortho intramolecular Hbond substituents is 1. The van der Waals surface area contributed by atoms with Crippen molar-refractivity contribution in [1.29, 1.82) is 5.26 Å². The first-order valence-corrected chi connectivity index (χ1v) is 20.1. The minimum absolute atomic E-state index is 0.118. The number of carbonyl (C=O) groups is 3. The summed E-state index contributed by atoms with van der Waals surface area (Å²) in [4.78, 5) is 55.7. The first-order valence-electron chi connectivity index (χ1n) is 20.1. The standard InChI is InChI=1S/C50H46N8O5/c1-30-14-17-37(53-46(60)32-10-8-12-35(22-32)50(3,4)28-51)26-41(30)52-36-19-20-43-40(25-36)49(63)57(7)29-58(43)44-24-34(16-21-45(44)59)48(62)55-42-27-38(18-15-31(42)2)54-47(61)33-11-9-13-39(23-33)56(5)6/h8-27,29,52H,1-7H3,(H3-,53,54,55,59,60,61,62)/p+1. The Bertz CT molecular complexity index is 3070. The van der Waals surface area contributed by atoms with Gasteiger partial charge in [0.15, 0.2) is 11.4 Å². The fourth-order valence-electron chi connectivity index (χ4n) is 6.99. The highest BCUT2D eigenvalue weighted by Crippen LogP contribution is 2.29. The molecule has 0 fully saturated rings. The molecule has 6 aromatic carbocycles. The number of rotatable bonds is 11. The molecule has 0 saturated carbocycles. The molecule has 0 aliphatic heterocycles. The van der Waals surface area contributed by atoms with Crippen LogP contribution in [-0.4, -0.2) is 41.5 Å². The lowest BCUT2D eigenvalue weighted by Gasteiger charge is -2.17. The van der Waals surface area contributed by atoms with Crippen LogP contribution < -0.4 is 36.3 Å². The van der Waals surface area contributed by atoms with E-state index < -0.39 is 11.3 Å². The summed E-state index contributed by atoms with van der Waals surface area (Å²) in [6, 6.07) is 37.0. The Morgan fingerprint density at radius 2 is 1.29 bits per heavy atom. The molecule has 0 aliphatic carbocycles. The maximum Gasteiger partial charge on any atom is 0.344 e. The molecule has 7 rings (SSSR count). The second-order valence-electron chi connectivity index (χ2n) is 16.1. The molecule has 13 heteroatoms. The van der Waals surface area contributed by atoms with Crippen LogP contribution in [0, 0.1) is 25.2 Å². The van der Waals surface area contributed by atoms with Gasteiger partial charge in [0.1, 0.15) is 10.9 Å². The number of nitriles is 1. The maximum absolute atomic E-state index is 13.8. The minimum Gasteiger partial charge on any atom is -0.504 e. The van der Waals surface area contributed by atoms with Crippen LogP contribution in [0.15, 0.2) is 132 Å². The molecular formula is C50H47N8O5+. The highest BCUT2D eigenvalue weighted by Gasteiger charge is 2.23. The van der Waals surface area contributed by atoms with Gasteiger partial charge in [0, 0.05) is 71.0 Å². The quantitative estimate of drug-likeness (QED) is 0.0807. The molecule has 63 heavy (non-hydrogen) atoms. The van der Waals surface area contributed by atoms with Crippen LogP contribution >= 0.6 is 0 Å². The molecule has 0 radical (unpaired) electrons. The van der Waals surface area contributed by atoms with Crippen LogP contribution in [0.3, 0.4) is 0 Å². The average molecular weight is 840 g/mol. The number of carbonyl (C=O) groups excluding carboxylic acids is 3. The zero-order valence-electron chi connectivity index (χ0n) is 36.0. The third-order valence-corrected chi connectivity index (χ3v) is 10.9. The number of aromatic hydroxyl groups is 1. The van der Waals surface area contributed by atoms with Crippen LogP contribution in [-0.2, 0) is 12.5 Å². The molecule has 5 N–H and O–H groups in total. The molecule has 0 bridgehead atoms.